The summed E-state index contributed by atoms with van der Waals surface area (Å²) in [5.41, 5.74) is 0.495. The van der Waals surface area contributed by atoms with Gasteiger partial charge in [-0.2, -0.15) is 0 Å². The van der Waals surface area contributed by atoms with Crippen molar-refractivity contribution in [2.24, 2.45) is 0 Å². The number of rotatable bonds is 6. The number of benzene rings is 2. The number of carbonyl (C=O) groups excluding carboxylic acids is 2. The molecule has 2 aromatic carbocycles. The van der Waals surface area contributed by atoms with Crippen LogP contribution in [0.5, 0.6) is 5.75 Å². The highest BCUT2D eigenvalue weighted by atomic mass is 35.5. The second-order valence-corrected chi connectivity index (χ2v) is 4.90. The minimum Gasteiger partial charge on any atom is -0.482 e. The number of hydrogen-bond donors (Lipinski definition) is 1. The van der Waals surface area contributed by atoms with Crippen LogP contribution in [-0.2, 0) is 14.3 Å². The fourth-order valence-electron chi connectivity index (χ4n) is 1.65. The zero-order valence-electron chi connectivity index (χ0n) is 11.9. The quantitative estimate of drug-likeness (QED) is 0.823. The van der Waals surface area contributed by atoms with Crippen molar-refractivity contribution in [2.45, 2.75) is 0 Å². The Morgan fingerprint density at radius 2 is 1.87 bits per heavy atom. The minimum atomic E-state index is -0.740. The van der Waals surface area contributed by atoms with Crippen LogP contribution < -0.4 is 10.1 Å². The number of halogens is 2. The molecule has 2 rings (SSSR count). The molecule has 0 unspecified atom stereocenters. The van der Waals surface area contributed by atoms with Crippen LogP contribution in [0.4, 0.5) is 10.1 Å². The first-order valence-electron chi connectivity index (χ1n) is 6.62. The third kappa shape index (κ3) is 5.96. The van der Waals surface area contributed by atoms with Crippen molar-refractivity contribution in [2.75, 3.05) is 18.5 Å². The number of ether oxygens (including phenoxy) is 2. The second kappa shape index (κ2) is 8.14. The van der Waals surface area contributed by atoms with E-state index in [2.05, 4.69) is 5.32 Å². The van der Waals surface area contributed by atoms with Gasteiger partial charge in [0.25, 0.3) is 5.91 Å². The molecule has 1 N–H and O–H groups in total. The molecule has 120 valence electrons. The van der Waals surface area contributed by atoms with Crippen molar-refractivity contribution in [1.29, 1.82) is 0 Å². The molecule has 0 bridgehead atoms. The number of carbonyl (C=O) groups is 2. The van der Waals surface area contributed by atoms with Gasteiger partial charge < -0.3 is 14.8 Å². The summed E-state index contributed by atoms with van der Waals surface area (Å²) in [7, 11) is 0. The summed E-state index contributed by atoms with van der Waals surface area (Å²) in [6.45, 7) is -0.883. The van der Waals surface area contributed by atoms with Gasteiger partial charge >= 0.3 is 5.97 Å². The van der Waals surface area contributed by atoms with Crippen LogP contribution in [0.15, 0.2) is 48.5 Å². The number of nitrogens with one attached hydrogen (secondary N) is 1. The summed E-state index contributed by atoms with van der Waals surface area (Å²) < 4.78 is 22.7. The van der Waals surface area contributed by atoms with Gasteiger partial charge in [-0.3, -0.25) is 4.79 Å². The Hall–Kier alpha value is -2.60. The van der Waals surface area contributed by atoms with Crippen LogP contribution in [0.1, 0.15) is 0 Å². The van der Waals surface area contributed by atoms with E-state index in [0.29, 0.717) is 10.7 Å². The number of esters is 1. The smallest absolute Gasteiger partial charge is 0.344 e. The van der Waals surface area contributed by atoms with Gasteiger partial charge in [0, 0.05) is 16.8 Å². The fraction of sp³-hybridized carbons (Fsp3) is 0.125. The minimum absolute atomic E-state index is 0.199. The third-order valence-corrected chi connectivity index (χ3v) is 2.86. The highest BCUT2D eigenvalue weighted by molar-refractivity contribution is 6.30. The van der Waals surface area contributed by atoms with Gasteiger partial charge in [-0.25, -0.2) is 9.18 Å². The molecule has 0 radical (unpaired) electrons. The molecule has 0 saturated carbocycles. The van der Waals surface area contributed by atoms with Gasteiger partial charge in [-0.15, -0.1) is 0 Å². The van der Waals surface area contributed by atoms with Gasteiger partial charge in [-0.05, 0) is 30.3 Å². The van der Waals surface area contributed by atoms with Crippen LogP contribution in [-0.4, -0.2) is 25.1 Å². The van der Waals surface area contributed by atoms with E-state index in [1.807, 2.05) is 0 Å². The van der Waals surface area contributed by atoms with Crippen LogP contribution in [0.2, 0.25) is 5.02 Å². The number of anilines is 1. The average molecular weight is 338 g/mol. The maximum atomic E-state index is 12.9. The molecule has 0 aliphatic rings. The number of amides is 1. The standard InChI is InChI=1S/C16H13ClFNO4/c17-11-3-1-5-13(7-11)19-15(20)9-23-16(21)10-22-14-6-2-4-12(18)8-14/h1-8H,9-10H2,(H,19,20). The molecular formula is C16H13ClFNO4. The van der Waals surface area contributed by atoms with Crippen molar-refractivity contribution in [3.05, 3.63) is 59.4 Å². The van der Waals surface area contributed by atoms with E-state index in [-0.39, 0.29) is 5.75 Å². The van der Waals surface area contributed by atoms with Crippen molar-refractivity contribution < 1.29 is 23.5 Å². The van der Waals surface area contributed by atoms with Crippen LogP contribution in [0.3, 0.4) is 0 Å². The first kappa shape index (κ1) is 16.8. The first-order valence-corrected chi connectivity index (χ1v) is 7.00. The lowest BCUT2D eigenvalue weighted by atomic mass is 10.3. The van der Waals surface area contributed by atoms with Crippen molar-refractivity contribution in [3.8, 4) is 5.75 Å². The van der Waals surface area contributed by atoms with Gasteiger partial charge in [-0.1, -0.05) is 23.7 Å². The number of hydrogen-bond acceptors (Lipinski definition) is 4. The first-order chi connectivity index (χ1) is 11.0. The topological polar surface area (TPSA) is 64.6 Å². The van der Waals surface area contributed by atoms with E-state index in [0.717, 1.165) is 6.07 Å². The molecule has 23 heavy (non-hydrogen) atoms. The Balaban J connectivity index is 1.72. The Bertz CT molecular complexity index is 708. The lowest BCUT2D eigenvalue weighted by molar-refractivity contribution is -0.149. The van der Waals surface area contributed by atoms with Gasteiger partial charge in [0.15, 0.2) is 13.2 Å². The molecule has 0 fully saturated rings. The van der Waals surface area contributed by atoms with E-state index in [1.54, 1.807) is 24.3 Å². The molecular weight excluding hydrogens is 325 g/mol. The predicted octanol–water partition coefficient (Wildman–Crippen LogP) is 3.04. The highest BCUT2D eigenvalue weighted by Gasteiger charge is 2.09. The molecule has 0 aliphatic carbocycles. The maximum Gasteiger partial charge on any atom is 0.344 e. The van der Waals surface area contributed by atoms with E-state index in [9.17, 15) is 14.0 Å². The molecule has 0 spiro atoms. The monoisotopic (exact) mass is 337 g/mol. The van der Waals surface area contributed by atoms with E-state index < -0.39 is 30.9 Å². The molecule has 7 heteroatoms. The Labute approximate surface area is 137 Å². The van der Waals surface area contributed by atoms with Crippen molar-refractivity contribution >= 4 is 29.2 Å². The van der Waals surface area contributed by atoms with Crippen LogP contribution in [0, 0.1) is 5.82 Å². The second-order valence-electron chi connectivity index (χ2n) is 4.47. The maximum absolute atomic E-state index is 12.9. The largest absolute Gasteiger partial charge is 0.482 e. The Kier molecular flexibility index (Phi) is 5.94. The van der Waals surface area contributed by atoms with Crippen molar-refractivity contribution in [1.82, 2.24) is 0 Å². The normalized spacial score (nSPS) is 10.0. The summed E-state index contributed by atoms with van der Waals surface area (Å²) >= 11 is 5.79. The SMILES string of the molecule is O=C(COC(=O)COc1cccc(F)c1)Nc1cccc(Cl)c1. The van der Waals surface area contributed by atoms with Gasteiger partial charge in [0.05, 0.1) is 0 Å². The van der Waals surface area contributed by atoms with E-state index in [4.69, 9.17) is 21.1 Å². The summed E-state index contributed by atoms with van der Waals surface area (Å²) in [5.74, 6) is -1.52. The lowest BCUT2D eigenvalue weighted by Gasteiger charge is -2.08. The average Bonchev–Trinajstić information content (AvgIpc) is 2.51. The summed E-state index contributed by atoms with van der Waals surface area (Å²) in [4.78, 5) is 23.1. The van der Waals surface area contributed by atoms with Crippen LogP contribution in [0.25, 0.3) is 0 Å². The molecule has 5 nitrogen and oxygen atoms in total. The molecule has 1 amide bonds. The zero-order valence-corrected chi connectivity index (χ0v) is 12.7. The summed E-state index contributed by atoms with van der Waals surface area (Å²) in [6, 6.07) is 11.9. The van der Waals surface area contributed by atoms with Crippen molar-refractivity contribution in [3.63, 3.8) is 0 Å². The lowest BCUT2D eigenvalue weighted by Crippen LogP contribution is -2.23. The molecule has 0 aliphatic heterocycles. The van der Waals surface area contributed by atoms with E-state index >= 15 is 0 Å². The molecule has 0 heterocycles. The molecule has 0 saturated heterocycles. The third-order valence-electron chi connectivity index (χ3n) is 2.63. The van der Waals surface area contributed by atoms with E-state index in [1.165, 1.54) is 18.2 Å². The highest BCUT2D eigenvalue weighted by Crippen LogP contribution is 2.14. The Morgan fingerprint density at radius 1 is 1.09 bits per heavy atom. The predicted molar refractivity (Wildman–Crippen MR) is 82.9 cm³/mol. The molecule has 2 aromatic rings. The fourth-order valence-corrected chi connectivity index (χ4v) is 1.84. The summed E-state index contributed by atoms with van der Waals surface area (Å²) in [5, 5.41) is 3.00. The molecule has 0 atom stereocenters. The zero-order chi connectivity index (χ0) is 16.7. The molecule has 0 aromatic heterocycles. The summed E-state index contributed by atoms with van der Waals surface area (Å²) in [6.07, 6.45) is 0. The Morgan fingerprint density at radius 3 is 2.61 bits per heavy atom. The van der Waals surface area contributed by atoms with Crippen LogP contribution >= 0.6 is 11.6 Å². The van der Waals surface area contributed by atoms with Gasteiger partial charge in [0.2, 0.25) is 0 Å². The van der Waals surface area contributed by atoms with Gasteiger partial charge in [0.1, 0.15) is 11.6 Å².